The van der Waals surface area contributed by atoms with Crippen molar-refractivity contribution in [3.8, 4) is 17.1 Å². The van der Waals surface area contributed by atoms with E-state index in [0.717, 1.165) is 10.1 Å². The maximum Gasteiger partial charge on any atom is 0.224 e. The zero-order valence-electron chi connectivity index (χ0n) is 18.0. The standard InChI is InChI=1S/C22H23N7O4/c1-32-17-6-3-5-15-19(24-21(23)25-20(15)17)16-13-28(27-26-16)12-14-4-2-7-18(29(14)31)22(30)8-10-33-11-9-22/h2-7,13,30H,8-12H2,1H3,(H2,23,24,25). The Labute approximate surface area is 189 Å². The van der Waals surface area contributed by atoms with Crippen LogP contribution in [-0.2, 0) is 16.9 Å². The lowest BCUT2D eigenvalue weighted by atomic mass is 9.90. The van der Waals surface area contributed by atoms with E-state index in [1.165, 1.54) is 0 Å². The van der Waals surface area contributed by atoms with Crippen LogP contribution in [0.2, 0.25) is 0 Å². The van der Waals surface area contributed by atoms with Crippen molar-refractivity contribution in [1.82, 2.24) is 25.0 Å². The smallest absolute Gasteiger partial charge is 0.224 e. The van der Waals surface area contributed by atoms with Gasteiger partial charge < -0.3 is 25.5 Å². The maximum atomic E-state index is 13.0. The molecule has 33 heavy (non-hydrogen) atoms. The predicted molar refractivity (Wildman–Crippen MR) is 118 cm³/mol. The van der Waals surface area contributed by atoms with Gasteiger partial charge in [-0.2, -0.15) is 4.73 Å². The minimum absolute atomic E-state index is 0.0892. The number of pyridine rings is 1. The molecule has 3 N–H and O–H groups in total. The van der Waals surface area contributed by atoms with Crippen LogP contribution in [0, 0.1) is 5.21 Å². The van der Waals surface area contributed by atoms with Crippen molar-refractivity contribution in [1.29, 1.82) is 0 Å². The number of ether oxygens (including phenoxy) is 2. The van der Waals surface area contributed by atoms with Crippen molar-refractivity contribution >= 4 is 16.9 Å². The van der Waals surface area contributed by atoms with Crippen molar-refractivity contribution in [3.63, 3.8) is 0 Å². The first-order chi connectivity index (χ1) is 16.0. The van der Waals surface area contributed by atoms with Gasteiger partial charge in [0.15, 0.2) is 5.60 Å². The molecule has 5 rings (SSSR count). The van der Waals surface area contributed by atoms with Gasteiger partial charge in [-0.25, -0.2) is 14.6 Å². The van der Waals surface area contributed by atoms with Crippen LogP contribution in [0.25, 0.3) is 22.3 Å². The molecular weight excluding hydrogens is 426 g/mol. The normalized spacial score (nSPS) is 15.6. The number of aliphatic hydroxyl groups is 1. The molecule has 4 heterocycles. The molecule has 0 spiro atoms. The van der Waals surface area contributed by atoms with E-state index in [0.29, 0.717) is 60.1 Å². The highest BCUT2D eigenvalue weighted by molar-refractivity contribution is 5.95. The number of hydrogen-bond donors (Lipinski definition) is 2. The monoisotopic (exact) mass is 449 g/mol. The summed E-state index contributed by atoms with van der Waals surface area (Å²) in [5.74, 6) is 0.664. The van der Waals surface area contributed by atoms with Crippen LogP contribution < -0.4 is 15.2 Å². The molecular formula is C22H23N7O4. The molecule has 1 aliphatic rings. The van der Waals surface area contributed by atoms with Gasteiger partial charge in [-0.05, 0) is 12.1 Å². The third-order valence-corrected chi connectivity index (χ3v) is 5.85. The highest BCUT2D eigenvalue weighted by Gasteiger charge is 2.39. The minimum Gasteiger partial charge on any atom is -0.618 e. The van der Waals surface area contributed by atoms with E-state index in [1.807, 2.05) is 12.1 Å². The lowest BCUT2D eigenvalue weighted by molar-refractivity contribution is -0.632. The molecule has 1 saturated heterocycles. The Kier molecular flexibility index (Phi) is 5.27. The molecule has 3 aromatic heterocycles. The van der Waals surface area contributed by atoms with Gasteiger partial charge in [-0.3, -0.25) is 0 Å². The average molecular weight is 449 g/mol. The number of fused-ring (bicyclic) bond motifs is 1. The van der Waals surface area contributed by atoms with E-state index in [4.69, 9.17) is 15.2 Å². The number of benzene rings is 1. The van der Waals surface area contributed by atoms with Gasteiger partial charge >= 0.3 is 0 Å². The number of methoxy groups -OCH3 is 1. The van der Waals surface area contributed by atoms with E-state index in [2.05, 4.69) is 20.3 Å². The lowest BCUT2D eigenvalue weighted by Gasteiger charge is -2.30. The first kappa shape index (κ1) is 21.0. The van der Waals surface area contributed by atoms with E-state index in [9.17, 15) is 10.3 Å². The van der Waals surface area contributed by atoms with Gasteiger partial charge in [0.2, 0.25) is 17.3 Å². The molecule has 0 aliphatic carbocycles. The quantitative estimate of drug-likeness (QED) is 0.338. The first-order valence-electron chi connectivity index (χ1n) is 10.5. The molecule has 1 aliphatic heterocycles. The molecule has 1 fully saturated rings. The molecule has 1 aromatic carbocycles. The van der Waals surface area contributed by atoms with Gasteiger partial charge in [-0.1, -0.05) is 17.3 Å². The van der Waals surface area contributed by atoms with Gasteiger partial charge in [-0.15, -0.1) is 5.10 Å². The molecule has 0 atom stereocenters. The fraction of sp³-hybridized carbons (Fsp3) is 0.318. The van der Waals surface area contributed by atoms with Crippen molar-refractivity contribution in [2.75, 3.05) is 26.1 Å². The second kappa shape index (κ2) is 8.26. The molecule has 0 saturated carbocycles. The zero-order chi connectivity index (χ0) is 23.0. The Balaban J connectivity index is 1.48. The summed E-state index contributed by atoms with van der Waals surface area (Å²) >= 11 is 0. The van der Waals surface area contributed by atoms with E-state index >= 15 is 0 Å². The fourth-order valence-corrected chi connectivity index (χ4v) is 4.12. The number of nitrogen functional groups attached to an aromatic ring is 1. The first-order valence-corrected chi connectivity index (χ1v) is 10.5. The van der Waals surface area contributed by atoms with Gasteiger partial charge in [0.1, 0.15) is 29.2 Å². The Morgan fingerprint density at radius 1 is 1.21 bits per heavy atom. The second-order valence-electron chi connectivity index (χ2n) is 7.93. The summed E-state index contributed by atoms with van der Waals surface area (Å²) in [5, 5.41) is 33.1. The van der Waals surface area contributed by atoms with E-state index in [1.54, 1.807) is 42.3 Å². The van der Waals surface area contributed by atoms with Crippen molar-refractivity contribution < 1.29 is 19.3 Å². The predicted octanol–water partition coefficient (Wildman–Crippen LogP) is 1.16. The van der Waals surface area contributed by atoms with Crippen LogP contribution in [0.5, 0.6) is 5.75 Å². The fourth-order valence-electron chi connectivity index (χ4n) is 4.12. The summed E-state index contributed by atoms with van der Waals surface area (Å²) in [6.07, 6.45) is 2.44. The Morgan fingerprint density at radius 2 is 2.00 bits per heavy atom. The van der Waals surface area contributed by atoms with Crippen LogP contribution in [0.3, 0.4) is 0 Å². The van der Waals surface area contributed by atoms with Gasteiger partial charge in [0.25, 0.3) is 0 Å². The third kappa shape index (κ3) is 3.81. The SMILES string of the molecule is COc1cccc2c(-c3cn(Cc4cccc(C5(O)CCOCC5)[n+]4[O-])nn3)nc(N)nc12. The van der Waals surface area contributed by atoms with Gasteiger partial charge in [0.05, 0.1) is 13.3 Å². The summed E-state index contributed by atoms with van der Waals surface area (Å²) < 4.78 is 13.0. The van der Waals surface area contributed by atoms with Crippen molar-refractivity contribution in [2.24, 2.45) is 0 Å². The molecule has 0 bridgehead atoms. The lowest BCUT2D eigenvalue weighted by Crippen LogP contribution is -2.47. The summed E-state index contributed by atoms with van der Waals surface area (Å²) in [5.41, 5.74) is 7.03. The molecule has 0 radical (unpaired) electrons. The number of rotatable bonds is 5. The number of aromatic nitrogens is 6. The number of hydrogen-bond acceptors (Lipinski definition) is 9. The number of nitrogens with zero attached hydrogens (tertiary/aromatic N) is 6. The Morgan fingerprint density at radius 3 is 2.79 bits per heavy atom. The Hall–Kier alpha value is -3.83. The highest BCUT2D eigenvalue weighted by atomic mass is 16.5. The number of anilines is 1. The summed E-state index contributed by atoms with van der Waals surface area (Å²) in [7, 11) is 1.56. The summed E-state index contributed by atoms with van der Waals surface area (Å²) in [4.78, 5) is 8.64. The van der Waals surface area contributed by atoms with Crippen molar-refractivity contribution in [2.45, 2.75) is 25.0 Å². The molecule has 0 unspecified atom stereocenters. The average Bonchev–Trinajstić information content (AvgIpc) is 3.28. The molecule has 170 valence electrons. The number of nitrogens with two attached hydrogens (primary N) is 1. The maximum absolute atomic E-state index is 13.0. The van der Waals surface area contributed by atoms with Crippen molar-refractivity contribution in [3.05, 3.63) is 59.2 Å². The second-order valence-corrected chi connectivity index (χ2v) is 7.93. The van der Waals surface area contributed by atoms with Crippen LogP contribution in [0.15, 0.2) is 42.6 Å². The molecule has 0 amide bonds. The highest BCUT2D eigenvalue weighted by Crippen LogP contribution is 2.31. The minimum atomic E-state index is -1.21. The molecule has 11 nitrogen and oxygen atoms in total. The number of para-hydroxylation sites is 1. The topological polar surface area (TPSA) is 148 Å². The largest absolute Gasteiger partial charge is 0.618 e. The van der Waals surface area contributed by atoms with Crippen LogP contribution in [-0.4, -0.2) is 50.4 Å². The van der Waals surface area contributed by atoms with E-state index < -0.39 is 5.60 Å². The summed E-state index contributed by atoms with van der Waals surface area (Å²) in [6, 6.07) is 10.6. The third-order valence-electron chi connectivity index (χ3n) is 5.85. The Bertz CT molecular complexity index is 1320. The van der Waals surface area contributed by atoms with Crippen LogP contribution in [0.1, 0.15) is 24.2 Å². The molecule has 11 heteroatoms. The molecule has 4 aromatic rings. The van der Waals surface area contributed by atoms with E-state index in [-0.39, 0.29) is 12.5 Å². The van der Waals surface area contributed by atoms with Crippen LogP contribution in [0.4, 0.5) is 5.95 Å². The summed E-state index contributed by atoms with van der Waals surface area (Å²) in [6.45, 7) is 0.987. The van der Waals surface area contributed by atoms with Gasteiger partial charge in [0, 0.05) is 43.6 Å². The zero-order valence-corrected chi connectivity index (χ0v) is 18.0. The van der Waals surface area contributed by atoms with Crippen LogP contribution >= 0.6 is 0 Å².